The van der Waals surface area contributed by atoms with Gasteiger partial charge in [-0.05, 0) is 42.2 Å². The van der Waals surface area contributed by atoms with Gasteiger partial charge in [-0.3, -0.25) is 0 Å². The van der Waals surface area contributed by atoms with Crippen LogP contribution >= 0.6 is 11.6 Å². The summed E-state index contributed by atoms with van der Waals surface area (Å²) in [5.74, 6) is -0.204. The van der Waals surface area contributed by atoms with Crippen LogP contribution in [0.1, 0.15) is 24.1 Å². The third-order valence-corrected chi connectivity index (χ3v) is 6.29. The molecule has 0 saturated heterocycles. The third kappa shape index (κ3) is 5.23. The zero-order chi connectivity index (χ0) is 24.5. The Labute approximate surface area is 200 Å². The number of halogens is 4. The number of rotatable bonds is 7. The fraction of sp³-hybridized carbons (Fsp3) is 0.320. The lowest BCUT2D eigenvalue weighted by atomic mass is 10.1. The van der Waals surface area contributed by atoms with E-state index < -0.39 is 18.0 Å². The van der Waals surface area contributed by atoms with E-state index in [4.69, 9.17) is 16.3 Å². The van der Waals surface area contributed by atoms with Crippen molar-refractivity contribution in [3.63, 3.8) is 0 Å². The van der Waals surface area contributed by atoms with Crippen molar-refractivity contribution in [1.29, 1.82) is 0 Å². The smallest absolute Gasteiger partial charge is 0.396 e. The molecule has 0 unspecified atom stereocenters. The number of alkyl halides is 3. The van der Waals surface area contributed by atoms with Crippen LogP contribution in [-0.2, 0) is 12.7 Å². The molecule has 1 aliphatic carbocycles. The van der Waals surface area contributed by atoms with E-state index in [2.05, 4.69) is 0 Å². The van der Waals surface area contributed by atoms with Gasteiger partial charge in [0.1, 0.15) is 5.69 Å². The maximum atomic E-state index is 14.1. The van der Waals surface area contributed by atoms with Gasteiger partial charge < -0.3 is 19.3 Å². The molecule has 34 heavy (non-hydrogen) atoms. The minimum absolute atomic E-state index is 0.0662. The summed E-state index contributed by atoms with van der Waals surface area (Å²) >= 11 is 5.96. The molecule has 0 bridgehead atoms. The Hall–Kier alpha value is -2.97. The molecule has 1 heterocycles. The quantitative estimate of drug-likeness (QED) is 0.435. The van der Waals surface area contributed by atoms with Gasteiger partial charge in [-0.1, -0.05) is 54.1 Å². The van der Waals surface area contributed by atoms with Crippen LogP contribution in [0.15, 0.2) is 60.7 Å². The number of nitrogens with zero attached hydrogens (tertiary/aromatic N) is 2. The predicted octanol–water partition coefficient (Wildman–Crippen LogP) is 6.08. The summed E-state index contributed by atoms with van der Waals surface area (Å²) in [5.41, 5.74) is -0.114. The van der Waals surface area contributed by atoms with Gasteiger partial charge in [0.25, 0.3) is 0 Å². The molecule has 2 aromatic carbocycles. The highest BCUT2D eigenvalue weighted by atomic mass is 35.5. The summed E-state index contributed by atoms with van der Waals surface area (Å²) in [6.07, 6.45) is -3.92. The Kier molecular flexibility index (Phi) is 6.64. The van der Waals surface area contributed by atoms with Crippen molar-refractivity contribution in [1.82, 2.24) is 9.47 Å². The molecular weight excluding hydrogens is 469 g/mol. The van der Waals surface area contributed by atoms with Gasteiger partial charge in [-0.2, -0.15) is 13.2 Å². The van der Waals surface area contributed by atoms with Crippen molar-refractivity contribution in [2.75, 3.05) is 20.2 Å². The first kappa shape index (κ1) is 24.2. The Morgan fingerprint density at radius 3 is 2.35 bits per heavy atom. The third-order valence-electron chi connectivity index (χ3n) is 6.04. The second-order valence-electron chi connectivity index (χ2n) is 8.71. The Bertz CT molecular complexity index is 1160. The molecular formula is C25H24ClF3N2O3. The minimum Gasteiger partial charge on any atom is -0.396 e. The molecule has 1 N–H and O–H groups in total. The molecule has 5 nitrogen and oxygen atoms in total. The van der Waals surface area contributed by atoms with Crippen LogP contribution in [0.5, 0.6) is 5.88 Å². The standard InChI is InChI=1S/C25H24ClF3N2O3/c1-30(15-24(16-32)11-12-24)23(33)34-22-20(18-7-9-19(26)10-8-18)13-21(25(27,28)29)31(22)14-17-5-3-2-4-6-17/h2-10,13,32H,11-12,14-16H2,1H3. The lowest BCUT2D eigenvalue weighted by Gasteiger charge is -2.23. The second-order valence-corrected chi connectivity index (χ2v) is 9.14. The zero-order valence-electron chi connectivity index (χ0n) is 18.5. The van der Waals surface area contributed by atoms with Crippen molar-refractivity contribution in [2.24, 2.45) is 5.41 Å². The van der Waals surface area contributed by atoms with E-state index in [1.54, 1.807) is 54.6 Å². The van der Waals surface area contributed by atoms with E-state index in [0.717, 1.165) is 23.5 Å². The van der Waals surface area contributed by atoms with Gasteiger partial charge >= 0.3 is 12.3 Å². The Morgan fingerprint density at radius 2 is 1.79 bits per heavy atom. The first-order valence-corrected chi connectivity index (χ1v) is 11.1. The molecule has 180 valence electrons. The Morgan fingerprint density at radius 1 is 1.15 bits per heavy atom. The van der Waals surface area contributed by atoms with E-state index in [9.17, 15) is 23.1 Å². The summed E-state index contributed by atoms with van der Waals surface area (Å²) in [4.78, 5) is 14.2. The highest BCUT2D eigenvalue weighted by Crippen LogP contribution is 2.46. The molecule has 1 fully saturated rings. The maximum Gasteiger partial charge on any atom is 0.431 e. The number of carbonyl (C=O) groups is 1. The van der Waals surface area contributed by atoms with Crippen molar-refractivity contribution >= 4 is 17.7 Å². The molecule has 1 amide bonds. The van der Waals surface area contributed by atoms with E-state index in [-0.39, 0.29) is 36.6 Å². The average molecular weight is 493 g/mol. The minimum atomic E-state index is -4.68. The summed E-state index contributed by atoms with van der Waals surface area (Å²) in [6, 6.07) is 15.9. The molecule has 0 atom stereocenters. The average Bonchev–Trinajstić information content (AvgIpc) is 3.49. The number of amides is 1. The van der Waals surface area contributed by atoms with Crippen molar-refractivity contribution in [2.45, 2.75) is 25.6 Å². The molecule has 4 rings (SSSR count). The second kappa shape index (κ2) is 9.35. The summed E-state index contributed by atoms with van der Waals surface area (Å²) in [6.45, 7) is 0.0452. The summed E-state index contributed by atoms with van der Waals surface area (Å²) in [5, 5.41) is 10.0. The van der Waals surface area contributed by atoms with E-state index >= 15 is 0 Å². The number of aliphatic hydroxyl groups excluding tert-OH is 1. The number of hydrogen-bond donors (Lipinski definition) is 1. The molecule has 9 heteroatoms. The summed E-state index contributed by atoms with van der Waals surface area (Å²) < 4.78 is 48.8. The highest BCUT2D eigenvalue weighted by molar-refractivity contribution is 6.30. The number of benzene rings is 2. The molecule has 3 aromatic rings. The lowest BCUT2D eigenvalue weighted by Crippen LogP contribution is -2.36. The van der Waals surface area contributed by atoms with E-state index in [1.807, 2.05) is 0 Å². The zero-order valence-corrected chi connectivity index (χ0v) is 19.2. The van der Waals surface area contributed by atoms with E-state index in [1.165, 1.54) is 11.9 Å². The van der Waals surface area contributed by atoms with Crippen LogP contribution < -0.4 is 4.74 Å². The molecule has 0 radical (unpaired) electrons. The van der Waals surface area contributed by atoms with Crippen molar-refractivity contribution in [3.05, 3.63) is 76.9 Å². The predicted molar refractivity (Wildman–Crippen MR) is 123 cm³/mol. The van der Waals surface area contributed by atoms with Gasteiger partial charge in [0, 0.05) is 29.6 Å². The fourth-order valence-corrected chi connectivity index (χ4v) is 4.03. The molecule has 1 aromatic heterocycles. The molecule has 0 spiro atoms. The summed E-state index contributed by atoms with van der Waals surface area (Å²) in [7, 11) is 1.51. The van der Waals surface area contributed by atoms with Gasteiger partial charge in [-0.25, -0.2) is 4.79 Å². The molecule has 0 aliphatic heterocycles. The molecule has 1 saturated carbocycles. The van der Waals surface area contributed by atoms with Crippen LogP contribution in [0.4, 0.5) is 18.0 Å². The van der Waals surface area contributed by atoms with Gasteiger partial charge in [0.05, 0.1) is 13.2 Å². The fourth-order valence-electron chi connectivity index (χ4n) is 3.91. The van der Waals surface area contributed by atoms with E-state index in [0.29, 0.717) is 16.1 Å². The normalized spacial score (nSPS) is 14.6. The number of aromatic nitrogens is 1. The topological polar surface area (TPSA) is 54.7 Å². The van der Waals surface area contributed by atoms with Crippen LogP contribution in [0, 0.1) is 5.41 Å². The number of aliphatic hydroxyl groups is 1. The van der Waals surface area contributed by atoms with Crippen molar-refractivity contribution < 1.29 is 27.8 Å². The van der Waals surface area contributed by atoms with Crippen LogP contribution in [0.3, 0.4) is 0 Å². The lowest BCUT2D eigenvalue weighted by molar-refractivity contribution is -0.143. The first-order valence-electron chi connectivity index (χ1n) is 10.8. The number of carbonyl (C=O) groups excluding carboxylic acids is 1. The molecule has 1 aliphatic rings. The van der Waals surface area contributed by atoms with Crippen LogP contribution in [-0.4, -0.2) is 40.9 Å². The van der Waals surface area contributed by atoms with Crippen molar-refractivity contribution in [3.8, 4) is 17.0 Å². The van der Waals surface area contributed by atoms with Crippen LogP contribution in [0.2, 0.25) is 5.02 Å². The van der Waals surface area contributed by atoms with Crippen LogP contribution in [0.25, 0.3) is 11.1 Å². The van der Waals surface area contributed by atoms with Gasteiger partial charge in [0.2, 0.25) is 5.88 Å². The highest BCUT2D eigenvalue weighted by Gasteiger charge is 2.44. The first-order chi connectivity index (χ1) is 16.1. The Balaban J connectivity index is 1.77. The monoisotopic (exact) mass is 492 g/mol. The largest absolute Gasteiger partial charge is 0.431 e. The number of hydrogen-bond acceptors (Lipinski definition) is 3. The SMILES string of the molecule is CN(CC1(CO)CC1)C(=O)Oc1c(-c2ccc(Cl)cc2)cc(C(F)(F)F)n1Cc1ccccc1. The maximum absolute atomic E-state index is 14.1. The van der Waals surface area contributed by atoms with Gasteiger partial charge in [-0.15, -0.1) is 0 Å². The van der Waals surface area contributed by atoms with Gasteiger partial charge in [0.15, 0.2) is 0 Å². The number of ether oxygens (including phenoxy) is 1.